The van der Waals surface area contributed by atoms with Crippen molar-refractivity contribution in [1.29, 1.82) is 0 Å². The Balaban J connectivity index is 1.97. The Morgan fingerprint density at radius 3 is 1.87 bits per heavy atom. The predicted molar refractivity (Wildman–Crippen MR) is 97.7 cm³/mol. The second kappa shape index (κ2) is 7.54. The minimum Gasteiger partial charge on any atom is -0.319 e. The normalized spacial score (nSPS) is 11.3. The highest BCUT2D eigenvalue weighted by Gasteiger charge is 2.27. The number of carbonyl (C=O) groups excluding carboxylic acids is 1. The highest BCUT2D eigenvalue weighted by molar-refractivity contribution is 6.06. The zero-order chi connectivity index (χ0) is 22.5. The number of aromatic nitrogens is 4. The van der Waals surface area contributed by atoms with Crippen LogP contribution in [0.5, 0.6) is 0 Å². The van der Waals surface area contributed by atoms with Gasteiger partial charge in [0.15, 0.2) is 23.3 Å². The van der Waals surface area contributed by atoms with Crippen LogP contribution in [0, 0.1) is 56.8 Å². The van der Waals surface area contributed by atoms with Crippen molar-refractivity contribution in [1.82, 2.24) is 19.6 Å². The lowest BCUT2D eigenvalue weighted by Crippen LogP contribution is -2.16. The van der Waals surface area contributed by atoms with Crippen molar-refractivity contribution in [3.63, 3.8) is 0 Å². The topological polar surface area (TPSA) is 64.7 Å². The molecule has 2 aromatic heterocycles. The SMILES string of the molecule is Cc1nn(Cc2c(F)c(F)c(F)c(F)c2F)c(C)c1NC(=O)c1c(C)nn(C)c1C. The van der Waals surface area contributed by atoms with Crippen molar-refractivity contribution < 1.29 is 26.7 Å². The molecule has 1 amide bonds. The van der Waals surface area contributed by atoms with Crippen molar-refractivity contribution in [2.75, 3.05) is 5.32 Å². The number of amides is 1. The number of benzene rings is 1. The van der Waals surface area contributed by atoms with E-state index in [0.29, 0.717) is 22.6 Å². The van der Waals surface area contributed by atoms with Crippen LogP contribution in [0.4, 0.5) is 27.6 Å². The number of aryl methyl sites for hydroxylation is 3. The van der Waals surface area contributed by atoms with Crippen molar-refractivity contribution >= 4 is 11.6 Å². The average Bonchev–Trinajstić information content (AvgIpc) is 3.10. The first-order valence-corrected chi connectivity index (χ1v) is 8.81. The van der Waals surface area contributed by atoms with Gasteiger partial charge in [0.05, 0.1) is 40.4 Å². The van der Waals surface area contributed by atoms with Gasteiger partial charge < -0.3 is 5.32 Å². The third kappa shape index (κ3) is 3.33. The van der Waals surface area contributed by atoms with Crippen molar-refractivity contribution in [3.05, 3.63) is 63.0 Å². The molecule has 0 saturated heterocycles. The van der Waals surface area contributed by atoms with Crippen LogP contribution in [0.3, 0.4) is 0 Å². The molecule has 0 radical (unpaired) electrons. The summed E-state index contributed by atoms with van der Waals surface area (Å²) in [6.45, 7) is 5.74. The molecule has 6 nitrogen and oxygen atoms in total. The minimum absolute atomic E-state index is 0.270. The molecule has 0 aliphatic rings. The Bertz CT molecular complexity index is 1150. The van der Waals surface area contributed by atoms with Crippen LogP contribution in [0.2, 0.25) is 0 Å². The average molecular weight is 427 g/mol. The molecule has 0 aliphatic heterocycles. The lowest BCUT2D eigenvalue weighted by molar-refractivity contribution is 0.102. The summed E-state index contributed by atoms with van der Waals surface area (Å²) < 4.78 is 70.8. The molecule has 0 atom stereocenters. The molecule has 0 spiro atoms. The fourth-order valence-corrected chi connectivity index (χ4v) is 3.25. The summed E-state index contributed by atoms with van der Waals surface area (Å²) in [6.07, 6.45) is 0. The summed E-state index contributed by atoms with van der Waals surface area (Å²) in [5.74, 6) is -10.6. The fraction of sp³-hybridized carbons (Fsp3) is 0.316. The lowest BCUT2D eigenvalue weighted by atomic mass is 10.1. The van der Waals surface area contributed by atoms with Gasteiger partial charge in [0.2, 0.25) is 5.82 Å². The van der Waals surface area contributed by atoms with E-state index in [1.165, 1.54) is 6.92 Å². The first kappa shape index (κ1) is 21.5. The summed E-state index contributed by atoms with van der Waals surface area (Å²) in [4.78, 5) is 12.7. The zero-order valence-electron chi connectivity index (χ0n) is 16.8. The molecule has 0 aliphatic carbocycles. The van der Waals surface area contributed by atoms with Crippen LogP contribution in [0.1, 0.15) is 38.7 Å². The number of carbonyl (C=O) groups is 1. The first-order chi connectivity index (χ1) is 14.0. The van der Waals surface area contributed by atoms with Gasteiger partial charge in [-0.2, -0.15) is 10.2 Å². The molecular formula is C19H18F5N5O. The van der Waals surface area contributed by atoms with E-state index in [0.717, 1.165) is 4.68 Å². The molecule has 1 N–H and O–H groups in total. The van der Waals surface area contributed by atoms with E-state index in [1.54, 1.807) is 32.5 Å². The van der Waals surface area contributed by atoms with Gasteiger partial charge in [-0.15, -0.1) is 0 Å². The van der Waals surface area contributed by atoms with E-state index in [4.69, 9.17) is 0 Å². The van der Waals surface area contributed by atoms with E-state index >= 15 is 0 Å². The number of hydrogen-bond donors (Lipinski definition) is 1. The molecule has 0 bridgehead atoms. The number of hydrogen-bond acceptors (Lipinski definition) is 3. The molecule has 160 valence electrons. The molecule has 0 unspecified atom stereocenters. The third-order valence-corrected chi connectivity index (χ3v) is 4.96. The van der Waals surface area contributed by atoms with Crippen molar-refractivity contribution in [2.24, 2.45) is 7.05 Å². The summed E-state index contributed by atoms with van der Waals surface area (Å²) in [5.41, 5.74) is 1.35. The quantitative estimate of drug-likeness (QED) is 0.391. The first-order valence-electron chi connectivity index (χ1n) is 8.81. The van der Waals surface area contributed by atoms with Gasteiger partial charge in [-0.3, -0.25) is 14.2 Å². The largest absolute Gasteiger partial charge is 0.319 e. The Labute approximate surface area is 168 Å². The standard InChI is InChI=1S/C19H18F5N5O/c1-7-12(9(3)28(5)26-7)19(30)25-18-8(2)27-29(10(18)4)6-11-13(20)15(22)17(24)16(23)14(11)21/h6H2,1-5H3,(H,25,30). The summed E-state index contributed by atoms with van der Waals surface area (Å²) in [6, 6.07) is 0. The van der Waals surface area contributed by atoms with Crippen LogP contribution in [-0.4, -0.2) is 25.5 Å². The van der Waals surface area contributed by atoms with Gasteiger partial charge in [-0.1, -0.05) is 0 Å². The second-order valence-electron chi connectivity index (χ2n) is 6.88. The Morgan fingerprint density at radius 2 is 1.37 bits per heavy atom. The van der Waals surface area contributed by atoms with Gasteiger partial charge >= 0.3 is 0 Å². The maximum absolute atomic E-state index is 14.0. The molecule has 0 saturated carbocycles. The Hall–Kier alpha value is -3.24. The van der Waals surface area contributed by atoms with Gasteiger partial charge in [0.1, 0.15) is 0 Å². The minimum atomic E-state index is -2.22. The van der Waals surface area contributed by atoms with Crippen molar-refractivity contribution in [3.8, 4) is 0 Å². The maximum atomic E-state index is 14.0. The molecule has 11 heteroatoms. The smallest absolute Gasteiger partial charge is 0.259 e. The van der Waals surface area contributed by atoms with Crippen molar-refractivity contribution in [2.45, 2.75) is 34.2 Å². The number of nitrogens with one attached hydrogen (secondary N) is 1. The molecule has 0 fully saturated rings. The third-order valence-electron chi connectivity index (χ3n) is 4.96. The highest BCUT2D eigenvalue weighted by Crippen LogP contribution is 2.27. The predicted octanol–water partition coefficient (Wildman–Crippen LogP) is 3.85. The number of halogens is 5. The van der Waals surface area contributed by atoms with E-state index in [-0.39, 0.29) is 11.4 Å². The van der Waals surface area contributed by atoms with Crippen LogP contribution < -0.4 is 5.32 Å². The molecule has 2 heterocycles. The number of nitrogens with zero attached hydrogens (tertiary/aromatic N) is 4. The second-order valence-corrected chi connectivity index (χ2v) is 6.88. The van der Waals surface area contributed by atoms with E-state index in [1.807, 2.05) is 0 Å². The fourth-order valence-electron chi connectivity index (χ4n) is 3.25. The molecular weight excluding hydrogens is 409 g/mol. The van der Waals surface area contributed by atoms with Gasteiger partial charge in [-0.25, -0.2) is 22.0 Å². The summed E-state index contributed by atoms with van der Waals surface area (Å²) >= 11 is 0. The van der Waals surface area contributed by atoms with Gasteiger partial charge in [0, 0.05) is 12.7 Å². The van der Waals surface area contributed by atoms with Crippen LogP contribution in [0.15, 0.2) is 0 Å². The van der Waals surface area contributed by atoms with Crippen LogP contribution >= 0.6 is 0 Å². The molecule has 1 aromatic carbocycles. The maximum Gasteiger partial charge on any atom is 0.259 e. The zero-order valence-corrected chi connectivity index (χ0v) is 16.8. The lowest BCUT2D eigenvalue weighted by Gasteiger charge is -2.10. The Kier molecular flexibility index (Phi) is 5.40. The molecule has 30 heavy (non-hydrogen) atoms. The van der Waals surface area contributed by atoms with E-state index < -0.39 is 47.1 Å². The van der Waals surface area contributed by atoms with E-state index in [2.05, 4.69) is 15.5 Å². The van der Waals surface area contributed by atoms with Crippen LogP contribution in [-0.2, 0) is 13.6 Å². The summed E-state index contributed by atoms with van der Waals surface area (Å²) in [7, 11) is 1.69. The van der Waals surface area contributed by atoms with Crippen LogP contribution in [0.25, 0.3) is 0 Å². The monoisotopic (exact) mass is 427 g/mol. The summed E-state index contributed by atoms with van der Waals surface area (Å²) in [5, 5.41) is 10.9. The molecule has 3 rings (SSSR count). The number of rotatable bonds is 4. The molecule has 3 aromatic rings. The Morgan fingerprint density at radius 1 is 0.833 bits per heavy atom. The highest BCUT2D eigenvalue weighted by atomic mass is 19.2. The van der Waals surface area contributed by atoms with Gasteiger partial charge in [-0.05, 0) is 27.7 Å². The van der Waals surface area contributed by atoms with Gasteiger partial charge in [0.25, 0.3) is 5.91 Å². The van der Waals surface area contributed by atoms with E-state index in [9.17, 15) is 26.7 Å². The number of anilines is 1.